The fourth-order valence-corrected chi connectivity index (χ4v) is 1.30. The molecule has 1 aliphatic rings. The summed E-state index contributed by atoms with van der Waals surface area (Å²) in [6.45, 7) is 16.7. The Morgan fingerprint density at radius 2 is 0.861 bits per heavy atom. The molecule has 4 nitrogen and oxygen atoms in total. The van der Waals surface area contributed by atoms with Crippen LogP contribution in [0, 0.1) is 23.7 Å². The van der Waals surface area contributed by atoms with E-state index in [1.165, 1.54) is 40.7 Å². The van der Waals surface area contributed by atoms with E-state index in [0.29, 0.717) is 0 Å². The Labute approximate surface area is 239 Å². The quantitative estimate of drug-likeness (QED) is 0.172. The van der Waals surface area contributed by atoms with Crippen LogP contribution < -0.4 is 0 Å². The third kappa shape index (κ3) is 286. The van der Waals surface area contributed by atoms with Crippen LogP contribution in [0.25, 0.3) is 0 Å². The third-order valence-corrected chi connectivity index (χ3v) is 2.48. The third-order valence-electron chi connectivity index (χ3n) is 2.48. The summed E-state index contributed by atoms with van der Waals surface area (Å²) in [6.07, 6.45) is 11.0. The molecule has 0 N–H and O–H groups in total. The molecule has 0 radical (unpaired) electrons. The standard InChI is InChI=1S/C6H12.C4H8.C4H6.C3H6O2.C3H6O.C2H6O.C2H6S.7CH4/c1-5-3-6(2)4-5;2*1-3-4-2;1-3(4)5-2;1-3(2)4;2*1-3-2;;;;;;;/h5-6H,3-4H2,1-2H3;3-4H,1-2H3;1-2H3;1-2H3;1-2H3;2*1-2H3;7*1H4. The van der Waals surface area contributed by atoms with Crippen LogP contribution in [0.3, 0.4) is 0 Å². The maximum absolute atomic E-state index is 9.59. The summed E-state index contributed by atoms with van der Waals surface area (Å²) in [5, 5.41) is 0. The number of allylic oxidation sites excluding steroid dienone is 2. The van der Waals surface area contributed by atoms with Crippen LogP contribution in [0.2, 0.25) is 0 Å². The van der Waals surface area contributed by atoms with E-state index >= 15 is 0 Å². The van der Waals surface area contributed by atoms with Gasteiger partial charge >= 0.3 is 5.97 Å². The highest BCUT2D eigenvalue weighted by atomic mass is 32.2. The molecule has 0 aromatic carbocycles. The van der Waals surface area contributed by atoms with E-state index < -0.39 is 0 Å². The summed E-state index contributed by atoms with van der Waals surface area (Å²) < 4.78 is 8.36. The Morgan fingerprint density at radius 1 is 0.722 bits per heavy atom. The molecule has 1 fully saturated rings. The Morgan fingerprint density at radius 3 is 0.861 bits per heavy atom. The summed E-state index contributed by atoms with van der Waals surface area (Å²) in [5.74, 6) is 7.37. The number of esters is 1. The number of hydrogen-bond donors (Lipinski definition) is 0. The second-order valence-corrected chi connectivity index (χ2v) is 7.09. The molecule has 0 spiro atoms. The summed E-state index contributed by atoms with van der Waals surface area (Å²) in [6, 6.07) is 0. The van der Waals surface area contributed by atoms with Crippen molar-refractivity contribution in [1.29, 1.82) is 0 Å². The highest BCUT2D eigenvalue weighted by Crippen LogP contribution is 2.31. The second kappa shape index (κ2) is 92.8. The van der Waals surface area contributed by atoms with Crippen molar-refractivity contribution in [2.75, 3.05) is 33.8 Å². The molecule has 36 heavy (non-hydrogen) atoms. The summed E-state index contributed by atoms with van der Waals surface area (Å²) >= 11 is 1.75. The molecule has 1 aliphatic carbocycles. The summed E-state index contributed by atoms with van der Waals surface area (Å²) in [7, 11) is 4.60. The molecule has 0 bridgehead atoms. The molecule has 0 aliphatic heterocycles. The van der Waals surface area contributed by atoms with Crippen LogP contribution >= 0.6 is 11.8 Å². The first kappa shape index (κ1) is 83.7. The number of methoxy groups -OCH3 is 2. The minimum atomic E-state index is -0.245. The van der Waals surface area contributed by atoms with E-state index in [0.717, 1.165) is 11.8 Å². The number of ketones is 1. The van der Waals surface area contributed by atoms with Gasteiger partial charge in [-0.2, -0.15) is 11.8 Å². The van der Waals surface area contributed by atoms with E-state index in [2.05, 4.69) is 35.2 Å². The molecule has 0 aromatic heterocycles. The Hall–Kier alpha value is -1.25. The van der Waals surface area contributed by atoms with Gasteiger partial charge in [0, 0.05) is 21.1 Å². The number of Topliss-reactive ketones (excluding diaryl/α,β-unsaturated/α-hetero) is 1. The lowest BCUT2D eigenvalue weighted by atomic mass is 9.78. The van der Waals surface area contributed by atoms with Crippen molar-refractivity contribution in [3.05, 3.63) is 12.2 Å². The molecule has 0 aromatic rings. The first-order valence-corrected chi connectivity index (χ1v) is 11.3. The first-order valence-electron chi connectivity index (χ1n) is 9.68. The van der Waals surface area contributed by atoms with Crippen molar-refractivity contribution in [2.24, 2.45) is 11.8 Å². The number of rotatable bonds is 0. The van der Waals surface area contributed by atoms with Gasteiger partial charge in [0.15, 0.2) is 0 Å². The van der Waals surface area contributed by atoms with Crippen LogP contribution in [0.5, 0.6) is 0 Å². The fourth-order valence-electron chi connectivity index (χ4n) is 1.30. The largest absolute Gasteiger partial charge is 0.469 e. The number of ether oxygens (including phenoxy) is 2. The van der Waals surface area contributed by atoms with Gasteiger partial charge in [0.1, 0.15) is 5.78 Å². The van der Waals surface area contributed by atoms with Crippen molar-refractivity contribution < 1.29 is 19.1 Å². The van der Waals surface area contributed by atoms with Gasteiger partial charge < -0.3 is 14.3 Å². The van der Waals surface area contributed by atoms with Gasteiger partial charge in [0.05, 0.1) is 7.11 Å². The monoisotopic (exact) mass is 547 g/mol. The summed E-state index contributed by atoms with van der Waals surface area (Å²) in [5.41, 5.74) is 0. The molecule has 0 heterocycles. The summed E-state index contributed by atoms with van der Waals surface area (Å²) in [4.78, 5) is 19.0. The van der Waals surface area contributed by atoms with Crippen LogP contribution in [0.1, 0.15) is 127 Å². The van der Waals surface area contributed by atoms with Gasteiger partial charge in [-0.1, -0.05) is 78.0 Å². The fraction of sp³-hybridized carbons (Fsp3) is 0.806. The Balaban J connectivity index is -0.0000000153. The molecule has 0 unspecified atom stereocenters. The van der Waals surface area contributed by atoms with Crippen LogP contribution in [-0.2, 0) is 19.1 Å². The lowest BCUT2D eigenvalue weighted by Gasteiger charge is -2.28. The number of carbonyl (C=O) groups excluding carboxylic acids is 2. The molecule has 232 valence electrons. The minimum Gasteiger partial charge on any atom is -0.469 e. The predicted molar refractivity (Wildman–Crippen MR) is 181 cm³/mol. The van der Waals surface area contributed by atoms with Gasteiger partial charge in [0.2, 0.25) is 0 Å². The Bertz CT molecular complexity index is 356. The van der Waals surface area contributed by atoms with Gasteiger partial charge in [-0.05, 0) is 78.7 Å². The lowest BCUT2D eigenvalue weighted by Crippen LogP contribution is -2.16. The zero-order valence-electron chi connectivity index (χ0n) is 21.8. The van der Waals surface area contributed by atoms with Gasteiger partial charge in [-0.25, -0.2) is 0 Å². The molecular weight excluding hydrogens is 468 g/mol. The SMILES string of the molecule is C.C.C.C.C.C.C.CC#CC.CC(C)=O.CC1CC(C)C1.CC=CC.COC.COC(C)=O.CSC. The second-order valence-electron chi connectivity index (χ2n) is 6.27. The maximum atomic E-state index is 9.59. The van der Waals surface area contributed by atoms with Crippen LogP contribution in [0.15, 0.2) is 12.2 Å². The molecule has 1 rings (SSSR count). The number of carbonyl (C=O) groups is 2. The van der Waals surface area contributed by atoms with E-state index in [1.54, 1.807) is 26.0 Å². The Kier molecular flexibility index (Phi) is 216. The average Bonchev–Trinajstić information content (AvgIpc) is 2.62. The number of hydrogen-bond acceptors (Lipinski definition) is 5. The highest BCUT2D eigenvalue weighted by Gasteiger charge is 2.19. The lowest BCUT2D eigenvalue weighted by molar-refractivity contribution is -0.137. The molecule has 1 saturated carbocycles. The molecule has 5 heteroatoms. The number of thioether (sulfide) groups is 1. The molecular formula is C31H78O4S. The van der Waals surface area contributed by atoms with Crippen molar-refractivity contribution in [3.63, 3.8) is 0 Å². The van der Waals surface area contributed by atoms with Crippen molar-refractivity contribution in [2.45, 2.75) is 127 Å². The zero-order chi connectivity index (χ0) is 24.7. The van der Waals surface area contributed by atoms with Crippen LogP contribution in [0.4, 0.5) is 0 Å². The highest BCUT2D eigenvalue weighted by molar-refractivity contribution is 7.97. The van der Waals surface area contributed by atoms with Crippen molar-refractivity contribution in [3.8, 4) is 11.8 Å². The van der Waals surface area contributed by atoms with E-state index in [1.807, 2.05) is 52.4 Å². The average molecular weight is 547 g/mol. The van der Waals surface area contributed by atoms with E-state index in [4.69, 9.17) is 0 Å². The maximum Gasteiger partial charge on any atom is 0.302 e. The minimum absolute atomic E-state index is 0. The van der Waals surface area contributed by atoms with Gasteiger partial charge in [-0.15, -0.1) is 11.8 Å². The normalized spacial score (nSPS) is 11.6. The van der Waals surface area contributed by atoms with E-state index in [-0.39, 0.29) is 63.7 Å². The van der Waals surface area contributed by atoms with Crippen molar-refractivity contribution >= 4 is 23.5 Å². The smallest absolute Gasteiger partial charge is 0.302 e. The van der Waals surface area contributed by atoms with E-state index in [9.17, 15) is 9.59 Å². The van der Waals surface area contributed by atoms with Crippen molar-refractivity contribution in [1.82, 2.24) is 0 Å². The van der Waals surface area contributed by atoms with Gasteiger partial charge in [-0.3, -0.25) is 4.79 Å². The van der Waals surface area contributed by atoms with Crippen LogP contribution in [-0.4, -0.2) is 45.6 Å². The molecule has 0 saturated heterocycles. The first-order chi connectivity index (χ1) is 13.4. The zero-order valence-corrected chi connectivity index (χ0v) is 22.6. The molecule has 0 amide bonds. The topological polar surface area (TPSA) is 52.6 Å². The molecule has 0 atom stereocenters. The van der Waals surface area contributed by atoms with Gasteiger partial charge in [0.25, 0.3) is 0 Å². The predicted octanol–water partition coefficient (Wildman–Crippen LogP) is 11.1.